The second-order valence-corrected chi connectivity index (χ2v) is 22.1. The predicted octanol–water partition coefficient (Wildman–Crippen LogP) is -1.86. The molecule has 6 heterocycles. The summed E-state index contributed by atoms with van der Waals surface area (Å²) in [5, 5.41) is 44.5. The van der Waals surface area contributed by atoms with Gasteiger partial charge in [-0.3, -0.25) is 29.3 Å². The quantitative estimate of drug-likeness (QED) is 0.0252. The first-order valence-electron chi connectivity index (χ1n) is 30.9. The summed E-state index contributed by atoms with van der Waals surface area (Å²) in [5.74, 6) is -1.73. The number of unbranched alkanes of at least 4 members (excludes halogenated alkanes) is 3. The number of nitrogens with one attached hydrogen (secondary N) is 12. The number of carbonyl (C=O) groups is 8. The van der Waals surface area contributed by atoms with Gasteiger partial charge in [0, 0.05) is 68.8 Å². The zero-order chi connectivity index (χ0) is 61.4. The van der Waals surface area contributed by atoms with Crippen LogP contribution in [0, 0.1) is 0 Å². The van der Waals surface area contributed by atoms with Crippen molar-refractivity contribution < 1.29 is 86.1 Å². The molecule has 0 radical (unpaired) electrons. The fourth-order valence-electron chi connectivity index (χ4n) is 11.0. The molecule has 0 aliphatic carbocycles. The topological polar surface area (TPSA) is 384 Å². The maximum atomic E-state index is 13.4. The third-order valence-electron chi connectivity index (χ3n) is 15.5. The molecule has 6 saturated heterocycles. The molecule has 0 aromatic heterocycles. The molecule has 10 unspecified atom stereocenters. The van der Waals surface area contributed by atoms with E-state index in [1.807, 2.05) is 0 Å². The van der Waals surface area contributed by atoms with E-state index < -0.39 is 23.9 Å². The highest BCUT2D eigenvalue weighted by Gasteiger charge is 2.45. The Kier molecular flexibility index (Phi) is 30.2. The van der Waals surface area contributed by atoms with Crippen LogP contribution in [0.25, 0.3) is 0 Å². The number of urea groups is 3. The first-order chi connectivity index (χ1) is 42.4. The highest BCUT2D eigenvalue weighted by atomic mass is 16.5. The molecule has 6 aliphatic heterocycles. The van der Waals surface area contributed by atoms with Crippen molar-refractivity contribution in [1.82, 2.24) is 63.8 Å². The van der Waals surface area contributed by atoms with Crippen molar-refractivity contribution in [3.8, 4) is 0 Å². The molecule has 0 saturated carbocycles. The lowest BCUT2D eigenvalue weighted by Gasteiger charge is -2.17. The molecule has 30 nitrogen and oxygen atoms in total. The van der Waals surface area contributed by atoms with Crippen LogP contribution in [0.4, 0.5) is 14.4 Å². The van der Waals surface area contributed by atoms with Crippen LogP contribution in [0.2, 0.25) is 0 Å². The van der Waals surface area contributed by atoms with Crippen molar-refractivity contribution in [3.05, 3.63) is 34.9 Å². The third-order valence-corrected chi connectivity index (χ3v) is 15.5. The Morgan fingerprint density at radius 1 is 0.425 bits per heavy atom. The Bertz CT molecular complexity index is 2240. The van der Waals surface area contributed by atoms with E-state index >= 15 is 0 Å². The van der Waals surface area contributed by atoms with E-state index in [-0.39, 0.29) is 174 Å². The van der Waals surface area contributed by atoms with Crippen molar-refractivity contribution in [1.29, 1.82) is 0 Å². The normalized spacial score (nSPS) is 23.5. The van der Waals surface area contributed by atoms with Gasteiger partial charge >= 0.3 is 18.1 Å². The van der Waals surface area contributed by atoms with Gasteiger partial charge in [0.2, 0.25) is 11.8 Å². The number of carbonyl (C=O) groups excluding carboxylic acids is 8. The highest BCUT2D eigenvalue weighted by Crippen LogP contribution is 2.25. The number of benzene rings is 1. The van der Waals surface area contributed by atoms with Gasteiger partial charge in [0.25, 0.3) is 17.7 Å². The Balaban J connectivity index is 0.719. The summed E-state index contributed by atoms with van der Waals surface area (Å²) in [4.78, 5) is 99.4. The zero-order valence-electron chi connectivity index (χ0n) is 49.7. The van der Waals surface area contributed by atoms with Crippen LogP contribution in [0.5, 0.6) is 0 Å². The fourth-order valence-corrected chi connectivity index (χ4v) is 11.0. The number of amides is 11. The molecule has 6 fully saturated rings. The summed E-state index contributed by atoms with van der Waals surface area (Å²) in [6.45, 7) is 6.03. The molecule has 87 heavy (non-hydrogen) atoms. The van der Waals surface area contributed by atoms with Gasteiger partial charge in [-0.25, -0.2) is 14.4 Å². The van der Waals surface area contributed by atoms with Gasteiger partial charge in [-0.2, -0.15) is 0 Å². The fraction of sp³-hybridized carbons (Fsp3) is 0.754. The summed E-state index contributed by atoms with van der Waals surface area (Å²) in [6.07, 6.45) is 7.53. The van der Waals surface area contributed by atoms with Gasteiger partial charge in [0.1, 0.15) is 6.23 Å². The molecule has 1 aromatic carbocycles. The Hall–Kier alpha value is -6.06. The van der Waals surface area contributed by atoms with Crippen molar-refractivity contribution in [2.24, 2.45) is 0 Å². The number of fused-ring (bicyclic) bond motifs is 3. The number of hydrogen-bond donors (Lipinski definition) is 13. The Labute approximate surface area is 507 Å². The minimum atomic E-state index is -0.675. The van der Waals surface area contributed by atoms with Crippen LogP contribution in [-0.2, 0) is 52.2 Å². The van der Waals surface area contributed by atoms with E-state index in [9.17, 15) is 43.5 Å². The SMILES string of the molecule is O=C(CCCCC1OCC2NC(=O)NC21)NCCOCCOCCNC(=O)c1cc(C(=O)NCCOCCOCCNC(=O)CCCCC2OCC3NC(=O)NC32)cc(C(=O)NCCOCCOCCNC(O)CCCCC2OCC3NC(=O)NC32)c1. The second-order valence-electron chi connectivity index (χ2n) is 22.1. The van der Waals surface area contributed by atoms with Crippen LogP contribution in [0.3, 0.4) is 0 Å². The van der Waals surface area contributed by atoms with Crippen molar-refractivity contribution in [2.45, 2.75) is 138 Å². The lowest BCUT2D eigenvalue weighted by atomic mass is 10.0. The summed E-state index contributed by atoms with van der Waals surface area (Å²) in [7, 11) is 0. The standard InChI is InChI=1S/C57H92N12O18/c70-46(10-4-1-7-43-49-40(34-85-43)64-55(76)67-49)58-13-19-79-25-28-82-22-16-61-52(73)37-31-38(53(74)62-17-23-83-29-26-80-20-14-59-47(71)11-5-2-8-44-50-41(35-86-44)65-56(77)68-50)33-39(32-37)54(75)63-18-24-84-30-27-81-21-15-60-48(72)12-6-3-9-45-51-42(36-87-45)66-57(78)69-51/h31-33,40-46,49-51,58,70H,1-30,34-36H2,(H,59,71)(H,60,72)(H,61,73)(H,62,74)(H,63,75)(H2,64,67,76)(H2,65,68,77)(H2,66,69,78). The van der Waals surface area contributed by atoms with Crippen molar-refractivity contribution in [3.63, 3.8) is 0 Å². The third kappa shape index (κ3) is 24.4. The number of hydrogen-bond acceptors (Lipinski definition) is 19. The molecular formula is C57H92N12O18. The molecule has 13 N–H and O–H groups in total. The van der Waals surface area contributed by atoms with Gasteiger partial charge in [-0.1, -0.05) is 19.3 Å². The van der Waals surface area contributed by atoms with Crippen molar-refractivity contribution in [2.75, 3.05) is 138 Å². The molecule has 11 amide bonds. The van der Waals surface area contributed by atoms with Crippen molar-refractivity contribution >= 4 is 47.6 Å². The van der Waals surface area contributed by atoms with E-state index in [0.29, 0.717) is 98.0 Å². The Morgan fingerprint density at radius 2 is 0.736 bits per heavy atom. The van der Waals surface area contributed by atoms with Crippen LogP contribution in [-0.4, -0.2) is 252 Å². The maximum absolute atomic E-state index is 13.4. The largest absolute Gasteiger partial charge is 0.379 e. The summed E-state index contributed by atoms with van der Waals surface area (Å²) < 4.78 is 50.9. The second kappa shape index (κ2) is 38.4. The molecule has 0 spiro atoms. The molecule has 30 heteroatoms. The highest BCUT2D eigenvalue weighted by molar-refractivity contribution is 6.04. The molecule has 6 aliphatic rings. The van der Waals surface area contributed by atoms with Crippen LogP contribution >= 0.6 is 0 Å². The van der Waals surface area contributed by atoms with Crippen LogP contribution in [0.15, 0.2) is 18.2 Å². The van der Waals surface area contributed by atoms with E-state index in [2.05, 4.69) is 63.8 Å². The number of aliphatic hydroxyl groups excluding tert-OH is 1. The lowest BCUT2D eigenvalue weighted by molar-refractivity contribution is -0.122. The van der Waals surface area contributed by atoms with E-state index in [1.54, 1.807) is 0 Å². The Morgan fingerprint density at radius 3 is 1.08 bits per heavy atom. The van der Waals surface area contributed by atoms with E-state index in [4.69, 9.17) is 42.6 Å². The monoisotopic (exact) mass is 1230 g/mol. The van der Waals surface area contributed by atoms with E-state index in [0.717, 1.165) is 44.9 Å². The predicted molar refractivity (Wildman–Crippen MR) is 311 cm³/mol. The first-order valence-corrected chi connectivity index (χ1v) is 30.9. The smallest absolute Gasteiger partial charge is 0.315 e. The molecule has 1 aromatic rings. The number of aliphatic hydroxyl groups is 1. The van der Waals surface area contributed by atoms with Gasteiger partial charge in [-0.05, 0) is 63.1 Å². The minimum Gasteiger partial charge on any atom is -0.379 e. The molecular weight excluding hydrogens is 1140 g/mol. The maximum Gasteiger partial charge on any atom is 0.315 e. The van der Waals surface area contributed by atoms with Crippen LogP contribution < -0.4 is 63.8 Å². The zero-order valence-corrected chi connectivity index (χ0v) is 49.7. The summed E-state index contributed by atoms with van der Waals surface area (Å²) in [6, 6.07) is 3.68. The molecule has 0 bridgehead atoms. The molecule has 7 rings (SSSR count). The molecule has 488 valence electrons. The van der Waals surface area contributed by atoms with E-state index in [1.165, 1.54) is 18.2 Å². The first kappa shape index (κ1) is 68.4. The van der Waals surface area contributed by atoms with Gasteiger partial charge < -0.3 is 106 Å². The van der Waals surface area contributed by atoms with Gasteiger partial charge in [-0.15, -0.1) is 0 Å². The summed E-state index contributed by atoms with van der Waals surface area (Å²) in [5.41, 5.74) is 0.235. The average molecular weight is 1230 g/mol. The number of ether oxygens (including phenoxy) is 9. The van der Waals surface area contributed by atoms with Crippen LogP contribution in [0.1, 0.15) is 108 Å². The lowest BCUT2D eigenvalue weighted by Crippen LogP contribution is -2.37. The minimum absolute atomic E-state index is 0.00190. The number of rotatable bonds is 46. The van der Waals surface area contributed by atoms with Gasteiger partial charge in [0.05, 0.1) is 154 Å². The average Bonchev–Trinajstić information content (AvgIpc) is 2.69. The molecule has 10 atom stereocenters. The van der Waals surface area contributed by atoms with Gasteiger partial charge in [0.15, 0.2) is 0 Å². The summed E-state index contributed by atoms with van der Waals surface area (Å²) >= 11 is 0.